The average molecular weight is 292 g/mol. The highest BCUT2D eigenvalue weighted by Gasteiger charge is 2.53. The molecule has 108 valence electrons. The topological polar surface area (TPSA) is 80.7 Å². The van der Waals surface area contributed by atoms with Gasteiger partial charge >= 0.3 is 21.3 Å². The monoisotopic (exact) mass is 292 g/mol. The van der Waals surface area contributed by atoms with Gasteiger partial charge in [-0.05, 0) is 20.3 Å². The first-order chi connectivity index (χ1) is 7.86. The third kappa shape index (κ3) is 3.84. The van der Waals surface area contributed by atoms with Gasteiger partial charge in [0, 0.05) is 0 Å². The second kappa shape index (κ2) is 5.43. The molecule has 1 unspecified atom stereocenters. The number of carbonyl (C=O) groups excluding carboxylic acids is 1. The second-order valence-corrected chi connectivity index (χ2v) is 5.83. The van der Waals surface area contributed by atoms with Gasteiger partial charge in [0.1, 0.15) is 6.61 Å². The van der Waals surface area contributed by atoms with Crippen molar-refractivity contribution in [3.63, 3.8) is 0 Å². The number of hydrogen-bond donors (Lipinski definition) is 1. The van der Waals surface area contributed by atoms with Gasteiger partial charge in [0.15, 0.2) is 0 Å². The van der Waals surface area contributed by atoms with E-state index in [2.05, 4.69) is 4.74 Å². The average Bonchev–Trinajstić information content (AvgIpc) is 2.23. The predicted molar refractivity (Wildman–Crippen MR) is 56.4 cm³/mol. The van der Waals surface area contributed by atoms with Gasteiger partial charge in [0.2, 0.25) is 6.17 Å². The molecule has 0 aromatic rings. The molecule has 0 heterocycles. The largest absolute Gasteiger partial charge is 0.462 e. The number of esters is 1. The lowest BCUT2D eigenvalue weighted by Crippen LogP contribution is -2.42. The first kappa shape index (κ1) is 17.2. The van der Waals surface area contributed by atoms with E-state index in [-0.39, 0.29) is 0 Å². The van der Waals surface area contributed by atoms with Crippen LogP contribution in [0.5, 0.6) is 0 Å². The highest BCUT2D eigenvalue weighted by Crippen LogP contribution is 2.28. The molecule has 0 aliphatic rings. The molecule has 0 radical (unpaired) electrons. The molecule has 0 saturated carbocycles. The van der Waals surface area contributed by atoms with E-state index in [9.17, 15) is 26.4 Å². The molecule has 0 aliphatic carbocycles. The van der Waals surface area contributed by atoms with E-state index in [0.717, 1.165) is 0 Å². The van der Waals surface area contributed by atoms with E-state index < -0.39 is 39.5 Å². The van der Waals surface area contributed by atoms with Crippen LogP contribution in [0.3, 0.4) is 0 Å². The highest BCUT2D eigenvalue weighted by atomic mass is 32.2. The van der Waals surface area contributed by atoms with Crippen molar-refractivity contribution in [2.45, 2.75) is 38.6 Å². The number of hydrogen-bond acceptors (Lipinski definition) is 4. The van der Waals surface area contributed by atoms with Crippen molar-refractivity contribution in [1.29, 1.82) is 0 Å². The lowest BCUT2D eigenvalue weighted by Gasteiger charge is -2.22. The summed E-state index contributed by atoms with van der Waals surface area (Å²) in [5.74, 6) is -0.932. The third-order valence-electron chi connectivity index (χ3n) is 2.51. The fourth-order valence-corrected chi connectivity index (χ4v) is 1.14. The molecular formula is C9H15F3O5S. The normalized spacial score (nSPS) is 15.3. The zero-order chi connectivity index (χ0) is 14.8. The molecule has 0 aromatic heterocycles. The SMILES string of the molecule is CCC(C)(C)C(=O)OCC(F)C(F)(F)S(=O)(=O)O. The minimum Gasteiger partial charge on any atom is -0.462 e. The molecule has 9 heteroatoms. The van der Waals surface area contributed by atoms with Crippen LogP contribution in [-0.4, -0.2) is 37.0 Å². The number of ether oxygens (including phenoxy) is 1. The molecule has 0 amide bonds. The zero-order valence-corrected chi connectivity index (χ0v) is 10.9. The number of alkyl halides is 3. The van der Waals surface area contributed by atoms with Crippen molar-refractivity contribution in [1.82, 2.24) is 0 Å². The number of carbonyl (C=O) groups is 1. The molecule has 0 fully saturated rings. The minimum atomic E-state index is -5.89. The molecular weight excluding hydrogens is 277 g/mol. The Morgan fingerprint density at radius 2 is 1.83 bits per heavy atom. The van der Waals surface area contributed by atoms with Gasteiger partial charge in [-0.3, -0.25) is 9.35 Å². The summed E-state index contributed by atoms with van der Waals surface area (Å²) in [6, 6.07) is 0. The Labute approximate surface area is 103 Å². The Morgan fingerprint density at radius 1 is 1.39 bits per heavy atom. The molecule has 0 bridgehead atoms. The van der Waals surface area contributed by atoms with Gasteiger partial charge in [0.25, 0.3) is 0 Å². The molecule has 1 atom stereocenters. The quantitative estimate of drug-likeness (QED) is 0.596. The van der Waals surface area contributed by atoms with Gasteiger partial charge in [0.05, 0.1) is 5.41 Å². The molecule has 0 aromatic carbocycles. The Hall–Kier alpha value is -0.830. The lowest BCUT2D eigenvalue weighted by atomic mass is 9.91. The van der Waals surface area contributed by atoms with Crippen molar-refractivity contribution in [3.8, 4) is 0 Å². The maximum Gasteiger partial charge on any atom is 0.403 e. The molecule has 0 spiro atoms. The zero-order valence-electron chi connectivity index (χ0n) is 10.1. The van der Waals surface area contributed by atoms with Gasteiger partial charge in [-0.15, -0.1) is 0 Å². The Kier molecular flexibility index (Phi) is 5.18. The van der Waals surface area contributed by atoms with E-state index >= 15 is 0 Å². The molecule has 5 nitrogen and oxygen atoms in total. The lowest BCUT2D eigenvalue weighted by molar-refractivity contribution is -0.158. The molecule has 0 saturated heterocycles. The summed E-state index contributed by atoms with van der Waals surface area (Å²) in [4.78, 5) is 11.3. The summed E-state index contributed by atoms with van der Waals surface area (Å²) in [6.45, 7) is 3.11. The van der Waals surface area contributed by atoms with Crippen molar-refractivity contribution >= 4 is 16.1 Å². The standard InChI is InChI=1S/C9H15F3O5S/c1-4-8(2,3)7(13)17-5-6(10)9(11,12)18(14,15)16/h6H,4-5H2,1-3H3,(H,14,15,16). The van der Waals surface area contributed by atoms with E-state index in [1.54, 1.807) is 6.92 Å². The van der Waals surface area contributed by atoms with E-state index in [1.807, 2.05) is 0 Å². The second-order valence-electron chi connectivity index (χ2n) is 4.34. The summed E-state index contributed by atoms with van der Waals surface area (Å²) in [6.07, 6.45) is -3.00. The van der Waals surface area contributed by atoms with Crippen LogP contribution in [-0.2, 0) is 19.6 Å². The predicted octanol–water partition coefficient (Wildman–Crippen LogP) is 1.78. The molecule has 0 rings (SSSR count). The Balaban J connectivity index is 4.64. The molecule has 0 aliphatic heterocycles. The summed E-state index contributed by atoms with van der Waals surface area (Å²) in [7, 11) is -5.89. The maximum atomic E-state index is 13.0. The van der Waals surface area contributed by atoms with Crippen LogP contribution in [0.25, 0.3) is 0 Å². The fraction of sp³-hybridized carbons (Fsp3) is 0.889. The maximum absolute atomic E-state index is 13.0. The van der Waals surface area contributed by atoms with Crippen molar-refractivity contribution < 1.29 is 35.7 Å². The van der Waals surface area contributed by atoms with E-state index in [1.165, 1.54) is 13.8 Å². The highest BCUT2D eigenvalue weighted by molar-refractivity contribution is 7.86. The van der Waals surface area contributed by atoms with Crippen LogP contribution in [0.2, 0.25) is 0 Å². The van der Waals surface area contributed by atoms with Crippen LogP contribution in [0.1, 0.15) is 27.2 Å². The Morgan fingerprint density at radius 3 is 2.17 bits per heavy atom. The van der Waals surface area contributed by atoms with Crippen LogP contribution in [0.4, 0.5) is 13.2 Å². The third-order valence-corrected chi connectivity index (χ3v) is 3.45. The fourth-order valence-electron chi connectivity index (χ4n) is 0.747. The van der Waals surface area contributed by atoms with Crippen LogP contribution >= 0.6 is 0 Å². The smallest absolute Gasteiger partial charge is 0.403 e. The van der Waals surface area contributed by atoms with Gasteiger partial charge in [-0.25, -0.2) is 4.39 Å². The van der Waals surface area contributed by atoms with Crippen molar-refractivity contribution in [3.05, 3.63) is 0 Å². The van der Waals surface area contributed by atoms with Gasteiger partial charge < -0.3 is 4.74 Å². The van der Waals surface area contributed by atoms with E-state index in [4.69, 9.17) is 4.55 Å². The summed E-state index contributed by atoms with van der Waals surface area (Å²) < 4.78 is 71.3. The van der Waals surface area contributed by atoms with Crippen molar-refractivity contribution in [2.75, 3.05) is 6.61 Å². The summed E-state index contributed by atoms with van der Waals surface area (Å²) >= 11 is 0. The molecule has 1 N–H and O–H groups in total. The van der Waals surface area contributed by atoms with Crippen LogP contribution in [0.15, 0.2) is 0 Å². The molecule has 18 heavy (non-hydrogen) atoms. The van der Waals surface area contributed by atoms with Gasteiger partial charge in [-0.2, -0.15) is 17.2 Å². The van der Waals surface area contributed by atoms with Gasteiger partial charge in [-0.1, -0.05) is 6.92 Å². The Bertz CT molecular complexity index is 404. The van der Waals surface area contributed by atoms with Crippen LogP contribution in [0, 0.1) is 5.41 Å². The summed E-state index contributed by atoms with van der Waals surface area (Å²) in [5, 5.41) is -5.01. The first-order valence-corrected chi connectivity index (χ1v) is 6.46. The minimum absolute atomic E-state index is 0.331. The van der Waals surface area contributed by atoms with E-state index in [0.29, 0.717) is 6.42 Å². The first-order valence-electron chi connectivity index (χ1n) is 5.02. The number of halogens is 3. The van der Waals surface area contributed by atoms with Crippen molar-refractivity contribution in [2.24, 2.45) is 5.41 Å². The van der Waals surface area contributed by atoms with Crippen LogP contribution < -0.4 is 0 Å². The number of rotatable bonds is 6. The summed E-state index contributed by atoms with van der Waals surface area (Å²) in [5.41, 5.74) is -0.993.